The van der Waals surface area contributed by atoms with E-state index >= 15 is 0 Å². The van der Waals surface area contributed by atoms with Crippen LogP contribution in [0.2, 0.25) is 0 Å². The lowest BCUT2D eigenvalue weighted by Crippen LogP contribution is -2.38. The number of carbonyl (C=O) groups excluding carboxylic acids is 1. The molecule has 2 aromatic heterocycles. The van der Waals surface area contributed by atoms with Gasteiger partial charge in [0.25, 0.3) is 0 Å². The molecule has 2 heterocycles. The number of hydrogen-bond donors (Lipinski definition) is 3. The van der Waals surface area contributed by atoms with E-state index in [1.54, 1.807) is 12.4 Å². The first kappa shape index (κ1) is 16.4. The van der Waals surface area contributed by atoms with E-state index in [-0.39, 0.29) is 18.7 Å². The van der Waals surface area contributed by atoms with E-state index in [9.17, 15) is 4.79 Å². The van der Waals surface area contributed by atoms with E-state index in [2.05, 4.69) is 20.7 Å². The van der Waals surface area contributed by atoms with Gasteiger partial charge < -0.3 is 15.7 Å². The van der Waals surface area contributed by atoms with Crippen molar-refractivity contribution in [3.8, 4) is 0 Å². The van der Waals surface area contributed by atoms with Crippen LogP contribution >= 0.6 is 0 Å². The largest absolute Gasteiger partial charge is 0.394 e. The summed E-state index contributed by atoms with van der Waals surface area (Å²) in [4.78, 5) is 16.4. The predicted molar refractivity (Wildman–Crippen MR) is 89.3 cm³/mol. The minimum atomic E-state index is -0.191. The zero-order chi connectivity index (χ0) is 16.9. The molecule has 1 aliphatic rings. The highest BCUT2D eigenvalue weighted by molar-refractivity contribution is 5.74. The standard InChI is InChI=1S/C17H23N5O2/c1-12-5-6-13(9-18-12)10-19-17(24)21-15-3-2-4-16-14(15)11-20-22(16)7-8-23/h5-6,9,11,15,23H,2-4,7-8,10H2,1H3,(H2,19,21,24)/t15-/m1/s1. The number of hydrogen-bond acceptors (Lipinski definition) is 4. The molecule has 7 heteroatoms. The summed E-state index contributed by atoms with van der Waals surface area (Å²) < 4.78 is 1.83. The first-order valence-corrected chi connectivity index (χ1v) is 8.28. The maximum atomic E-state index is 12.2. The Morgan fingerprint density at radius 2 is 2.29 bits per heavy atom. The van der Waals surface area contributed by atoms with Crippen LogP contribution in [0, 0.1) is 6.92 Å². The molecule has 24 heavy (non-hydrogen) atoms. The fourth-order valence-electron chi connectivity index (χ4n) is 3.05. The minimum absolute atomic E-state index is 0.0302. The second-order valence-corrected chi connectivity index (χ2v) is 6.07. The molecule has 0 radical (unpaired) electrons. The van der Waals surface area contributed by atoms with Gasteiger partial charge in [0.2, 0.25) is 0 Å². The van der Waals surface area contributed by atoms with Gasteiger partial charge in [-0.15, -0.1) is 0 Å². The number of aromatic nitrogens is 3. The number of carbonyl (C=O) groups is 1. The molecule has 2 aromatic rings. The number of aryl methyl sites for hydroxylation is 1. The molecule has 7 nitrogen and oxygen atoms in total. The molecule has 3 rings (SSSR count). The Bertz CT molecular complexity index is 696. The van der Waals surface area contributed by atoms with Crippen molar-refractivity contribution in [3.63, 3.8) is 0 Å². The van der Waals surface area contributed by atoms with Crippen molar-refractivity contribution in [2.45, 2.75) is 45.3 Å². The summed E-state index contributed by atoms with van der Waals surface area (Å²) in [6, 6.07) is 3.67. The lowest BCUT2D eigenvalue weighted by Gasteiger charge is -2.24. The van der Waals surface area contributed by atoms with Crippen LogP contribution in [-0.2, 0) is 19.5 Å². The molecule has 0 spiro atoms. The first-order valence-electron chi connectivity index (χ1n) is 8.28. The number of amides is 2. The Labute approximate surface area is 141 Å². The van der Waals surface area contributed by atoms with Crippen LogP contribution in [0.4, 0.5) is 4.79 Å². The summed E-state index contributed by atoms with van der Waals surface area (Å²) in [5.74, 6) is 0. The van der Waals surface area contributed by atoms with Crippen molar-refractivity contribution < 1.29 is 9.90 Å². The van der Waals surface area contributed by atoms with Crippen LogP contribution in [0.5, 0.6) is 0 Å². The summed E-state index contributed by atoms with van der Waals surface area (Å²) in [6.07, 6.45) is 6.41. The molecular weight excluding hydrogens is 306 g/mol. The van der Waals surface area contributed by atoms with Crippen molar-refractivity contribution in [1.82, 2.24) is 25.4 Å². The molecule has 3 N–H and O–H groups in total. The van der Waals surface area contributed by atoms with Gasteiger partial charge in [0, 0.05) is 29.7 Å². The van der Waals surface area contributed by atoms with Crippen molar-refractivity contribution in [3.05, 3.63) is 47.0 Å². The van der Waals surface area contributed by atoms with Gasteiger partial charge in [-0.2, -0.15) is 5.10 Å². The van der Waals surface area contributed by atoms with E-state index in [1.807, 2.05) is 23.7 Å². The molecule has 0 fully saturated rings. The molecule has 0 aliphatic heterocycles. The monoisotopic (exact) mass is 329 g/mol. The molecule has 2 amide bonds. The van der Waals surface area contributed by atoms with Gasteiger partial charge in [-0.05, 0) is 37.8 Å². The zero-order valence-electron chi connectivity index (χ0n) is 13.8. The van der Waals surface area contributed by atoms with Crippen LogP contribution in [-0.4, -0.2) is 32.5 Å². The lowest BCUT2D eigenvalue weighted by molar-refractivity contribution is 0.234. The third kappa shape index (κ3) is 3.73. The predicted octanol–water partition coefficient (Wildman–Crippen LogP) is 1.46. The number of aliphatic hydroxyl groups is 1. The first-order chi connectivity index (χ1) is 11.7. The number of nitrogens with one attached hydrogen (secondary N) is 2. The third-order valence-electron chi connectivity index (χ3n) is 4.31. The van der Waals surface area contributed by atoms with Crippen LogP contribution in [0.1, 0.15) is 41.4 Å². The topological polar surface area (TPSA) is 92.1 Å². The summed E-state index contributed by atoms with van der Waals surface area (Å²) in [5, 5.41) is 19.3. The van der Waals surface area contributed by atoms with Crippen LogP contribution < -0.4 is 10.6 Å². The summed E-state index contributed by atoms with van der Waals surface area (Å²) in [5.41, 5.74) is 4.10. The molecule has 1 atom stereocenters. The molecule has 0 saturated carbocycles. The summed E-state index contributed by atoms with van der Waals surface area (Å²) in [6.45, 7) is 2.94. The molecule has 1 aliphatic carbocycles. The fourth-order valence-corrected chi connectivity index (χ4v) is 3.05. The van der Waals surface area contributed by atoms with Crippen molar-refractivity contribution >= 4 is 6.03 Å². The van der Waals surface area contributed by atoms with E-state index in [1.165, 1.54) is 0 Å². The number of aliphatic hydroxyl groups excluding tert-OH is 1. The van der Waals surface area contributed by atoms with Crippen LogP contribution in [0.15, 0.2) is 24.5 Å². The molecule has 0 saturated heterocycles. The van der Waals surface area contributed by atoms with Gasteiger partial charge in [0.15, 0.2) is 0 Å². The zero-order valence-corrected chi connectivity index (χ0v) is 13.8. The average Bonchev–Trinajstić information content (AvgIpc) is 2.99. The Hall–Kier alpha value is -2.41. The van der Waals surface area contributed by atoms with Crippen LogP contribution in [0.3, 0.4) is 0 Å². The van der Waals surface area contributed by atoms with Gasteiger partial charge in [-0.25, -0.2) is 4.79 Å². The number of fused-ring (bicyclic) bond motifs is 1. The normalized spacial score (nSPS) is 16.5. The average molecular weight is 329 g/mol. The number of nitrogens with zero attached hydrogens (tertiary/aromatic N) is 3. The minimum Gasteiger partial charge on any atom is -0.394 e. The Morgan fingerprint density at radius 3 is 3.04 bits per heavy atom. The smallest absolute Gasteiger partial charge is 0.315 e. The van der Waals surface area contributed by atoms with E-state index < -0.39 is 0 Å². The SMILES string of the molecule is Cc1ccc(CNC(=O)N[C@@H]2CCCc3c2cnn3CCO)cn1. The van der Waals surface area contributed by atoms with Gasteiger partial charge in [0.1, 0.15) is 0 Å². The van der Waals surface area contributed by atoms with Gasteiger partial charge in [-0.1, -0.05) is 6.07 Å². The van der Waals surface area contributed by atoms with E-state index in [4.69, 9.17) is 5.11 Å². The molecule has 0 unspecified atom stereocenters. The lowest BCUT2D eigenvalue weighted by atomic mass is 9.93. The second kappa shape index (κ2) is 7.44. The summed E-state index contributed by atoms with van der Waals surface area (Å²) >= 11 is 0. The Balaban J connectivity index is 1.58. The second-order valence-electron chi connectivity index (χ2n) is 6.07. The Morgan fingerprint density at radius 1 is 1.42 bits per heavy atom. The quantitative estimate of drug-likeness (QED) is 0.774. The molecule has 0 bridgehead atoms. The highest BCUT2D eigenvalue weighted by Gasteiger charge is 2.25. The van der Waals surface area contributed by atoms with Gasteiger partial charge >= 0.3 is 6.03 Å². The van der Waals surface area contributed by atoms with Gasteiger partial charge in [-0.3, -0.25) is 9.67 Å². The Kier molecular flexibility index (Phi) is 5.10. The highest BCUT2D eigenvalue weighted by Crippen LogP contribution is 2.29. The number of pyridine rings is 1. The maximum Gasteiger partial charge on any atom is 0.315 e. The van der Waals surface area contributed by atoms with Crippen molar-refractivity contribution in [2.24, 2.45) is 0 Å². The molecular formula is C17H23N5O2. The van der Waals surface area contributed by atoms with Crippen molar-refractivity contribution in [1.29, 1.82) is 0 Å². The number of urea groups is 1. The van der Waals surface area contributed by atoms with E-state index in [0.29, 0.717) is 13.1 Å². The van der Waals surface area contributed by atoms with Crippen molar-refractivity contribution in [2.75, 3.05) is 6.61 Å². The summed E-state index contributed by atoms with van der Waals surface area (Å²) in [7, 11) is 0. The molecule has 128 valence electrons. The van der Waals surface area contributed by atoms with Gasteiger partial charge in [0.05, 0.1) is 25.4 Å². The maximum absolute atomic E-state index is 12.2. The number of rotatable bonds is 5. The molecule has 0 aromatic carbocycles. The third-order valence-corrected chi connectivity index (χ3v) is 4.31. The van der Waals surface area contributed by atoms with Crippen LogP contribution in [0.25, 0.3) is 0 Å². The fraction of sp³-hybridized carbons (Fsp3) is 0.471. The highest BCUT2D eigenvalue weighted by atomic mass is 16.3. The van der Waals surface area contributed by atoms with E-state index in [0.717, 1.165) is 41.8 Å².